The summed E-state index contributed by atoms with van der Waals surface area (Å²) in [7, 11) is 0. The van der Waals surface area contributed by atoms with Crippen LogP contribution in [0.15, 0.2) is 0 Å². The zero-order chi connectivity index (χ0) is 7.40. The van der Waals surface area contributed by atoms with E-state index in [0.29, 0.717) is 0 Å². The van der Waals surface area contributed by atoms with Gasteiger partial charge in [0.2, 0.25) is 0 Å². The third kappa shape index (κ3) is 2.01. The Balaban J connectivity index is 2.34. The van der Waals surface area contributed by atoms with Crippen molar-refractivity contribution < 1.29 is 0 Å². The van der Waals surface area contributed by atoms with Gasteiger partial charge < -0.3 is 0 Å². The molecule has 0 spiro atoms. The van der Waals surface area contributed by atoms with Crippen molar-refractivity contribution in [1.82, 2.24) is 0 Å². The van der Waals surface area contributed by atoms with Crippen molar-refractivity contribution in [2.75, 3.05) is 0 Å². The summed E-state index contributed by atoms with van der Waals surface area (Å²) < 4.78 is 0. The molecule has 2 unspecified atom stereocenters. The van der Waals surface area contributed by atoms with E-state index in [4.69, 9.17) is 5.26 Å². The molecule has 1 saturated carbocycles. The van der Waals surface area contributed by atoms with E-state index in [1.165, 1.54) is 25.7 Å². The van der Waals surface area contributed by atoms with E-state index in [1.54, 1.807) is 0 Å². The Kier molecular flexibility index (Phi) is 3.25. The fraction of sp³-hybridized carbons (Fsp3) is 0.875. The number of nitriles is 1. The minimum atomic E-state index is 0.264. The second-order valence-electron chi connectivity index (χ2n) is 3.01. The second-order valence-corrected chi connectivity index (χ2v) is 5.16. The molecule has 0 N–H and O–H groups in total. The van der Waals surface area contributed by atoms with Crippen molar-refractivity contribution in [2.45, 2.75) is 37.4 Å². The van der Waals surface area contributed by atoms with E-state index in [2.05, 4.69) is 11.9 Å². The van der Waals surface area contributed by atoms with Crippen molar-refractivity contribution in [1.29, 1.82) is 5.26 Å². The first-order chi connectivity index (χ1) is 4.84. The normalized spacial score (nSPS) is 33.2. The number of hydrogen-bond donors (Lipinski definition) is 0. The van der Waals surface area contributed by atoms with Gasteiger partial charge in [-0.25, -0.2) is 0 Å². The van der Waals surface area contributed by atoms with Crippen molar-refractivity contribution in [3.63, 3.8) is 0 Å². The molecule has 0 saturated heterocycles. The van der Waals surface area contributed by atoms with Crippen LogP contribution in [0.2, 0.25) is 4.82 Å². The molecular weight excluding hydrogens is 189 g/mol. The van der Waals surface area contributed by atoms with E-state index in [1.807, 2.05) is 0 Å². The first-order valence-corrected chi connectivity index (χ1v) is 5.74. The van der Waals surface area contributed by atoms with Crippen LogP contribution in [0.5, 0.6) is 0 Å². The van der Waals surface area contributed by atoms with Gasteiger partial charge in [0.25, 0.3) is 0 Å². The van der Waals surface area contributed by atoms with E-state index in [-0.39, 0.29) is 15.0 Å². The fourth-order valence-electron chi connectivity index (χ4n) is 1.53. The van der Waals surface area contributed by atoms with Crippen LogP contribution >= 0.6 is 0 Å². The maximum absolute atomic E-state index is 8.51. The van der Waals surface area contributed by atoms with Crippen LogP contribution < -0.4 is 0 Å². The van der Waals surface area contributed by atoms with Crippen LogP contribution in [0, 0.1) is 16.1 Å². The average Bonchev–Trinajstić information content (AvgIpc) is 1.94. The molecule has 0 aliphatic heterocycles. The Morgan fingerprint density at radius 1 is 1.40 bits per heavy atom. The molecule has 2 heteroatoms. The van der Waals surface area contributed by atoms with Gasteiger partial charge in [0.1, 0.15) is 0 Å². The monoisotopic (exact) mass is 203 g/mol. The summed E-state index contributed by atoms with van der Waals surface area (Å²) in [5.74, 6) is 0.827. The average molecular weight is 202 g/mol. The summed E-state index contributed by atoms with van der Waals surface area (Å²) >= 11 is 0.264. The van der Waals surface area contributed by atoms with Crippen LogP contribution in [0.1, 0.15) is 32.6 Å². The molecule has 0 aromatic heterocycles. The Morgan fingerprint density at radius 2 is 2.10 bits per heavy atom. The van der Waals surface area contributed by atoms with Crippen molar-refractivity contribution >= 4 is 15.0 Å². The second kappa shape index (κ2) is 4.01. The number of rotatable bonds is 1. The van der Waals surface area contributed by atoms with Crippen molar-refractivity contribution in [2.24, 2.45) is 5.92 Å². The van der Waals surface area contributed by atoms with Gasteiger partial charge in [-0.05, 0) is 0 Å². The quantitative estimate of drug-likeness (QED) is 0.598. The molecule has 0 bridgehead atoms. The molecule has 1 nitrogen and oxygen atoms in total. The van der Waals surface area contributed by atoms with E-state index >= 15 is 0 Å². The SMILES string of the molecule is CC1CCCCC1[Se]C#N. The zero-order valence-corrected chi connectivity index (χ0v) is 8.05. The molecule has 0 aromatic rings. The molecule has 0 amide bonds. The van der Waals surface area contributed by atoms with E-state index in [0.717, 1.165) is 10.7 Å². The molecular formula is C8H13NSe. The summed E-state index contributed by atoms with van der Waals surface area (Å²) in [6.45, 7) is 2.29. The maximum atomic E-state index is 8.51. The Labute approximate surface area is 69.0 Å². The van der Waals surface area contributed by atoms with Crippen molar-refractivity contribution in [3.05, 3.63) is 0 Å². The van der Waals surface area contributed by atoms with Gasteiger partial charge in [0.05, 0.1) is 0 Å². The molecule has 0 heterocycles. The topological polar surface area (TPSA) is 23.8 Å². The summed E-state index contributed by atoms with van der Waals surface area (Å²) in [5.41, 5.74) is 0. The first-order valence-electron chi connectivity index (χ1n) is 3.89. The van der Waals surface area contributed by atoms with Crippen LogP contribution in [-0.4, -0.2) is 15.0 Å². The van der Waals surface area contributed by atoms with Crippen LogP contribution in [0.25, 0.3) is 0 Å². The van der Waals surface area contributed by atoms with Gasteiger partial charge in [-0.1, -0.05) is 0 Å². The first kappa shape index (κ1) is 8.11. The molecule has 1 aliphatic rings. The molecule has 1 aliphatic carbocycles. The van der Waals surface area contributed by atoms with Gasteiger partial charge in [-0.2, -0.15) is 0 Å². The summed E-state index contributed by atoms with van der Waals surface area (Å²) in [4.78, 5) is 3.10. The minimum absolute atomic E-state index is 0.264. The molecule has 10 heavy (non-hydrogen) atoms. The van der Waals surface area contributed by atoms with Gasteiger partial charge in [-0.3, -0.25) is 0 Å². The zero-order valence-electron chi connectivity index (χ0n) is 6.34. The number of nitrogens with zero attached hydrogens (tertiary/aromatic N) is 1. The van der Waals surface area contributed by atoms with Crippen LogP contribution in [-0.2, 0) is 0 Å². The van der Waals surface area contributed by atoms with Gasteiger partial charge in [-0.15, -0.1) is 0 Å². The predicted molar refractivity (Wildman–Crippen MR) is 42.7 cm³/mol. The van der Waals surface area contributed by atoms with Gasteiger partial charge in [0.15, 0.2) is 0 Å². The van der Waals surface area contributed by atoms with E-state index in [9.17, 15) is 0 Å². The molecule has 0 radical (unpaired) electrons. The Hall–Kier alpha value is 0.00948. The van der Waals surface area contributed by atoms with Gasteiger partial charge in [0, 0.05) is 0 Å². The third-order valence-corrected chi connectivity index (χ3v) is 4.56. The van der Waals surface area contributed by atoms with E-state index < -0.39 is 0 Å². The van der Waals surface area contributed by atoms with Gasteiger partial charge >= 0.3 is 68.5 Å². The summed E-state index contributed by atoms with van der Waals surface area (Å²) in [6.07, 6.45) is 5.42. The molecule has 2 atom stereocenters. The standard InChI is InChI=1S/C8H13NSe/c1-7-4-2-3-5-8(7)10-6-9/h7-8H,2-5H2,1H3. The Bertz CT molecular complexity index is 139. The molecule has 0 aromatic carbocycles. The molecule has 1 fully saturated rings. The summed E-state index contributed by atoms with van der Waals surface area (Å²) in [5, 5.41) is 8.51. The molecule has 1 rings (SSSR count). The van der Waals surface area contributed by atoms with Crippen LogP contribution in [0.3, 0.4) is 0 Å². The van der Waals surface area contributed by atoms with Crippen molar-refractivity contribution in [3.8, 4) is 4.97 Å². The number of hydrogen-bond acceptors (Lipinski definition) is 1. The predicted octanol–water partition coefficient (Wildman–Crippen LogP) is 2.17. The van der Waals surface area contributed by atoms with Crippen LogP contribution in [0.4, 0.5) is 0 Å². The Morgan fingerprint density at radius 3 is 2.70 bits per heavy atom. The molecule has 56 valence electrons. The summed E-state index contributed by atoms with van der Waals surface area (Å²) in [6, 6.07) is 0. The third-order valence-electron chi connectivity index (χ3n) is 2.24. The fourth-order valence-corrected chi connectivity index (χ4v) is 3.18.